The molecule has 0 aliphatic heterocycles. The fourth-order valence-corrected chi connectivity index (χ4v) is 1.78. The van der Waals surface area contributed by atoms with Crippen molar-refractivity contribution in [2.24, 2.45) is 5.73 Å². The zero-order valence-corrected chi connectivity index (χ0v) is 10.9. The summed E-state index contributed by atoms with van der Waals surface area (Å²) in [5, 5.41) is 3.06. The first-order valence-electron chi connectivity index (χ1n) is 5.61. The number of aryl methyl sites for hydroxylation is 2. The third kappa shape index (κ3) is 3.17. The third-order valence-corrected chi connectivity index (χ3v) is 2.63. The van der Waals surface area contributed by atoms with Crippen LogP contribution in [0.2, 0.25) is 0 Å². The summed E-state index contributed by atoms with van der Waals surface area (Å²) in [6.45, 7) is 5.38. The molecule has 5 heteroatoms. The molecule has 1 amide bonds. The first kappa shape index (κ1) is 13.4. The molecule has 1 rings (SSSR count). The van der Waals surface area contributed by atoms with Crippen LogP contribution < -0.4 is 16.0 Å². The lowest BCUT2D eigenvalue weighted by Gasteiger charge is -2.21. The van der Waals surface area contributed by atoms with Crippen molar-refractivity contribution in [3.63, 3.8) is 0 Å². The van der Waals surface area contributed by atoms with Gasteiger partial charge in [0.15, 0.2) is 0 Å². The van der Waals surface area contributed by atoms with E-state index in [2.05, 4.69) is 10.3 Å². The first-order chi connectivity index (χ1) is 7.97. The van der Waals surface area contributed by atoms with Gasteiger partial charge in [0.25, 0.3) is 5.91 Å². The summed E-state index contributed by atoms with van der Waals surface area (Å²) < 4.78 is 0. The molecular weight excluding hydrogens is 216 g/mol. The topological polar surface area (TPSA) is 71.2 Å². The molecule has 0 aliphatic rings. The number of pyridine rings is 1. The maximum absolute atomic E-state index is 11.5. The molecule has 0 aromatic carbocycles. The Morgan fingerprint density at radius 3 is 2.71 bits per heavy atom. The van der Waals surface area contributed by atoms with Crippen molar-refractivity contribution in [1.29, 1.82) is 0 Å². The van der Waals surface area contributed by atoms with Crippen molar-refractivity contribution in [1.82, 2.24) is 10.3 Å². The lowest BCUT2D eigenvalue weighted by Crippen LogP contribution is -2.30. The Kier molecular flexibility index (Phi) is 4.45. The lowest BCUT2D eigenvalue weighted by molar-refractivity contribution is 0.1000. The molecule has 0 fully saturated rings. The Morgan fingerprint density at radius 1 is 1.53 bits per heavy atom. The minimum Gasteiger partial charge on any atom is -0.365 e. The monoisotopic (exact) mass is 236 g/mol. The van der Waals surface area contributed by atoms with Crippen LogP contribution >= 0.6 is 0 Å². The largest absolute Gasteiger partial charge is 0.365 e. The highest BCUT2D eigenvalue weighted by molar-refractivity contribution is 5.99. The highest BCUT2D eigenvalue weighted by Gasteiger charge is 2.16. The SMILES string of the molecule is CNCCN(C)c1nc(C)cc(C)c1C(N)=O. The van der Waals surface area contributed by atoms with Gasteiger partial charge >= 0.3 is 0 Å². The Hall–Kier alpha value is -1.62. The Bertz CT molecular complexity index is 417. The fourth-order valence-electron chi connectivity index (χ4n) is 1.78. The molecule has 0 unspecified atom stereocenters. The number of likely N-dealkylation sites (N-methyl/N-ethyl adjacent to an activating group) is 2. The van der Waals surface area contributed by atoms with Gasteiger partial charge in [0.1, 0.15) is 5.82 Å². The van der Waals surface area contributed by atoms with E-state index in [1.165, 1.54) is 0 Å². The van der Waals surface area contributed by atoms with Gasteiger partial charge in [0.05, 0.1) is 5.56 Å². The number of carbonyl (C=O) groups is 1. The molecule has 0 aliphatic carbocycles. The smallest absolute Gasteiger partial charge is 0.252 e. The van der Waals surface area contributed by atoms with Crippen molar-refractivity contribution < 1.29 is 4.79 Å². The van der Waals surface area contributed by atoms with Gasteiger partial charge < -0.3 is 16.0 Å². The van der Waals surface area contributed by atoms with E-state index >= 15 is 0 Å². The molecule has 0 saturated heterocycles. The predicted octanol–water partition coefficient (Wildman–Crippen LogP) is 0.453. The second-order valence-corrected chi connectivity index (χ2v) is 4.17. The van der Waals surface area contributed by atoms with Gasteiger partial charge in [-0.2, -0.15) is 0 Å². The number of nitrogens with one attached hydrogen (secondary N) is 1. The molecule has 0 spiro atoms. The van der Waals surface area contributed by atoms with Crippen LogP contribution in [0.25, 0.3) is 0 Å². The normalized spacial score (nSPS) is 10.4. The zero-order chi connectivity index (χ0) is 13.0. The van der Waals surface area contributed by atoms with Crippen LogP contribution in [-0.2, 0) is 0 Å². The molecule has 0 saturated carbocycles. The predicted molar refractivity (Wildman–Crippen MR) is 69.4 cm³/mol. The maximum atomic E-state index is 11.5. The van der Waals surface area contributed by atoms with Gasteiger partial charge in [-0.1, -0.05) is 0 Å². The second kappa shape index (κ2) is 5.63. The van der Waals surface area contributed by atoms with E-state index in [0.29, 0.717) is 11.4 Å². The number of carbonyl (C=O) groups excluding carboxylic acids is 1. The first-order valence-corrected chi connectivity index (χ1v) is 5.61. The number of nitrogens with two attached hydrogens (primary N) is 1. The summed E-state index contributed by atoms with van der Waals surface area (Å²) in [6.07, 6.45) is 0. The van der Waals surface area contributed by atoms with Crippen LogP contribution in [0.3, 0.4) is 0 Å². The summed E-state index contributed by atoms with van der Waals surface area (Å²) in [5.41, 5.74) is 7.68. The molecule has 17 heavy (non-hydrogen) atoms. The Labute approximate surface area is 102 Å². The number of primary amides is 1. The van der Waals surface area contributed by atoms with Gasteiger partial charge in [0.2, 0.25) is 0 Å². The summed E-state index contributed by atoms with van der Waals surface area (Å²) in [7, 11) is 3.79. The average Bonchev–Trinajstić information content (AvgIpc) is 2.23. The van der Waals surface area contributed by atoms with Crippen molar-refractivity contribution in [3.8, 4) is 0 Å². The number of rotatable bonds is 5. The number of hydrogen-bond donors (Lipinski definition) is 2. The molecule has 5 nitrogen and oxygen atoms in total. The summed E-state index contributed by atoms with van der Waals surface area (Å²) >= 11 is 0. The Balaban J connectivity index is 3.15. The van der Waals surface area contributed by atoms with E-state index in [0.717, 1.165) is 24.3 Å². The Morgan fingerprint density at radius 2 is 2.18 bits per heavy atom. The summed E-state index contributed by atoms with van der Waals surface area (Å²) in [5.74, 6) is 0.228. The van der Waals surface area contributed by atoms with Crippen LogP contribution in [0, 0.1) is 13.8 Å². The number of anilines is 1. The van der Waals surface area contributed by atoms with E-state index in [1.807, 2.05) is 38.9 Å². The van der Waals surface area contributed by atoms with E-state index in [-0.39, 0.29) is 0 Å². The molecule has 3 N–H and O–H groups in total. The standard InChI is InChI=1S/C12H20N4O/c1-8-7-9(2)15-12(10(8)11(13)17)16(4)6-5-14-3/h7,14H,5-6H2,1-4H3,(H2,13,17). The van der Waals surface area contributed by atoms with E-state index in [9.17, 15) is 4.79 Å². The van der Waals surface area contributed by atoms with Crippen molar-refractivity contribution in [3.05, 3.63) is 22.9 Å². The van der Waals surface area contributed by atoms with Gasteiger partial charge in [-0.05, 0) is 32.5 Å². The maximum Gasteiger partial charge on any atom is 0.252 e. The van der Waals surface area contributed by atoms with E-state index in [4.69, 9.17) is 5.73 Å². The molecule has 1 aromatic rings. The molecule has 1 aromatic heterocycles. The van der Waals surface area contributed by atoms with E-state index < -0.39 is 5.91 Å². The highest BCUT2D eigenvalue weighted by atomic mass is 16.1. The number of hydrogen-bond acceptors (Lipinski definition) is 4. The molecule has 1 heterocycles. The van der Waals surface area contributed by atoms with Crippen molar-refractivity contribution in [2.45, 2.75) is 13.8 Å². The average molecular weight is 236 g/mol. The van der Waals surface area contributed by atoms with Crippen LogP contribution in [0.4, 0.5) is 5.82 Å². The number of aromatic nitrogens is 1. The van der Waals surface area contributed by atoms with Crippen molar-refractivity contribution in [2.75, 3.05) is 32.1 Å². The quantitative estimate of drug-likeness (QED) is 0.779. The van der Waals surface area contributed by atoms with Gasteiger partial charge in [-0.25, -0.2) is 4.98 Å². The van der Waals surface area contributed by atoms with Crippen LogP contribution in [0.1, 0.15) is 21.6 Å². The van der Waals surface area contributed by atoms with Gasteiger partial charge in [-0.15, -0.1) is 0 Å². The number of amides is 1. The summed E-state index contributed by atoms with van der Waals surface area (Å²) in [6, 6.07) is 1.87. The minimum atomic E-state index is -0.429. The fraction of sp³-hybridized carbons (Fsp3) is 0.500. The minimum absolute atomic E-state index is 0.429. The molecule has 0 atom stereocenters. The third-order valence-electron chi connectivity index (χ3n) is 2.63. The van der Waals surface area contributed by atoms with Gasteiger partial charge in [0, 0.05) is 25.8 Å². The van der Waals surface area contributed by atoms with Crippen molar-refractivity contribution >= 4 is 11.7 Å². The van der Waals surface area contributed by atoms with Gasteiger partial charge in [-0.3, -0.25) is 4.79 Å². The van der Waals surface area contributed by atoms with Crippen LogP contribution in [0.15, 0.2) is 6.07 Å². The summed E-state index contributed by atoms with van der Waals surface area (Å²) in [4.78, 5) is 17.8. The van der Waals surface area contributed by atoms with Crippen LogP contribution in [0.5, 0.6) is 0 Å². The number of nitrogens with zero attached hydrogens (tertiary/aromatic N) is 2. The lowest BCUT2D eigenvalue weighted by atomic mass is 10.1. The molecule has 0 radical (unpaired) electrons. The van der Waals surface area contributed by atoms with E-state index in [1.54, 1.807) is 0 Å². The second-order valence-electron chi connectivity index (χ2n) is 4.17. The molecule has 94 valence electrons. The zero-order valence-electron chi connectivity index (χ0n) is 10.9. The van der Waals surface area contributed by atoms with Crippen LogP contribution in [-0.4, -0.2) is 38.1 Å². The highest BCUT2D eigenvalue weighted by Crippen LogP contribution is 2.20. The molecular formula is C12H20N4O. The molecule has 0 bridgehead atoms.